The van der Waals surface area contributed by atoms with E-state index in [0.29, 0.717) is 0 Å². The molecule has 0 aromatic carbocycles. The summed E-state index contributed by atoms with van der Waals surface area (Å²) in [6.45, 7) is 0. The molecule has 6 rings (SSSR count). The van der Waals surface area contributed by atoms with Crippen molar-refractivity contribution in [3.63, 3.8) is 0 Å². The molecule has 0 spiro atoms. The van der Waals surface area contributed by atoms with E-state index in [1.54, 1.807) is 0 Å². The number of hydrogen-bond acceptors (Lipinski definition) is 8. The van der Waals surface area contributed by atoms with Crippen LogP contribution in [0.2, 0.25) is 0 Å². The smallest absolute Gasteiger partial charge is 0.248 e. The lowest BCUT2D eigenvalue weighted by Crippen LogP contribution is -2.48. The molecular formula is C20H18N4O4S2. The molecule has 4 fully saturated rings. The molecule has 6 atom stereocenters. The van der Waals surface area contributed by atoms with Gasteiger partial charge in [0.1, 0.15) is 12.1 Å². The zero-order chi connectivity index (χ0) is 20.9. The minimum Gasteiger partial charge on any atom is -0.284 e. The predicted octanol–water partition coefficient (Wildman–Crippen LogP) is 1.10. The first-order valence-electron chi connectivity index (χ1n) is 9.69. The third kappa shape index (κ3) is 2.02. The number of nitrogens with zero attached hydrogens (tertiary/aromatic N) is 4. The van der Waals surface area contributed by atoms with Crippen LogP contribution in [0.5, 0.6) is 0 Å². The Morgan fingerprint density at radius 2 is 1.03 bits per heavy atom. The summed E-state index contributed by atoms with van der Waals surface area (Å²) in [6, 6.07) is 5.36. The summed E-state index contributed by atoms with van der Waals surface area (Å²) >= 11 is 3.00. The number of amides is 4. The van der Waals surface area contributed by atoms with E-state index in [1.165, 1.54) is 46.6 Å². The molecule has 10 heteroatoms. The predicted molar refractivity (Wildman–Crippen MR) is 108 cm³/mol. The summed E-state index contributed by atoms with van der Waals surface area (Å²) in [5, 5.41) is 7.64. The van der Waals surface area contributed by atoms with Gasteiger partial charge in [-0.15, -0.1) is 22.7 Å². The second kappa shape index (κ2) is 6.07. The summed E-state index contributed by atoms with van der Waals surface area (Å²) < 4.78 is 0. The number of rotatable bonds is 2. The van der Waals surface area contributed by atoms with Crippen molar-refractivity contribution < 1.29 is 19.2 Å². The monoisotopic (exact) mass is 442 g/mol. The van der Waals surface area contributed by atoms with Gasteiger partial charge >= 0.3 is 0 Å². The summed E-state index contributed by atoms with van der Waals surface area (Å²) in [6.07, 6.45) is 0. The minimum atomic E-state index is -0.710. The Balaban J connectivity index is 1.59. The summed E-state index contributed by atoms with van der Waals surface area (Å²) in [4.78, 5) is 56.8. The van der Waals surface area contributed by atoms with E-state index >= 15 is 0 Å². The van der Waals surface area contributed by atoms with Gasteiger partial charge < -0.3 is 0 Å². The van der Waals surface area contributed by atoms with Crippen LogP contribution in [0.1, 0.15) is 21.8 Å². The molecule has 30 heavy (non-hydrogen) atoms. The second-order valence-corrected chi connectivity index (χ2v) is 10.1. The topological polar surface area (TPSA) is 81.2 Å². The number of fused-ring (bicyclic) bond motifs is 5. The number of carbonyl (C=O) groups excluding carboxylic acids is 4. The Bertz CT molecular complexity index is 998. The van der Waals surface area contributed by atoms with Crippen molar-refractivity contribution in [1.82, 2.24) is 19.8 Å². The number of hydrogen-bond donors (Lipinski definition) is 0. The Hall–Kier alpha value is -2.40. The lowest BCUT2D eigenvalue weighted by Gasteiger charge is -2.34. The number of likely N-dealkylation sites (tertiary alicyclic amines) is 2. The van der Waals surface area contributed by atoms with Gasteiger partial charge in [-0.3, -0.25) is 29.0 Å². The van der Waals surface area contributed by atoms with Gasteiger partial charge in [0, 0.05) is 23.8 Å². The van der Waals surface area contributed by atoms with E-state index in [9.17, 15) is 19.2 Å². The molecule has 4 aliphatic heterocycles. The molecule has 4 aliphatic rings. The Kier molecular flexibility index (Phi) is 3.72. The highest BCUT2D eigenvalue weighted by molar-refractivity contribution is 7.10. The van der Waals surface area contributed by atoms with Gasteiger partial charge in [0.2, 0.25) is 23.6 Å². The largest absolute Gasteiger partial charge is 0.284 e. The molecule has 8 nitrogen and oxygen atoms in total. The Morgan fingerprint density at radius 1 is 0.633 bits per heavy atom. The minimum absolute atomic E-state index is 0.232. The van der Waals surface area contributed by atoms with Crippen molar-refractivity contribution in [2.24, 2.45) is 11.8 Å². The first-order chi connectivity index (χ1) is 14.4. The van der Waals surface area contributed by atoms with Crippen molar-refractivity contribution in [2.45, 2.75) is 24.2 Å². The van der Waals surface area contributed by atoms with Gasteiger partial charge in [-0.05, 0) is 22.9 Å². The van der Waals surface area contributed by atoms with E-state index < -0.39 is 36.0 Å². The fourth-order valence-corrected chi connectivity index (χ4v) is 7.32. The molecule has 0 radical (unpaired) electrons. The number of imide groups is 2. The summed E-state index contributed by atoms with van der Waals surface area (Å²) in [5.74, 6) is -2.21. The van der Waals surface area contributed by atoms with Gasteiger partial charge in [-0.2, -0.15) is 0 Å². The van der Waals surface area contributed by atoms with Crippen molar-refractivity contribution in [3.8, 4) is 0 Å². The van der Waals surface area contributed by atoms with Gasteiger partial charge in [-0.25, -0.2) is 10.0 Å². The highest BCUT2D eigenvalue weighted by atomic mass is 32.1. The standard InChI is InChI=1S/C20H18N4O4S2/c1-21-17(25)11-13(9-5-3-7-29-9)24-16-12(18(26)22(2)20(16)28)14(10-6-4-8-30-10)23(24)15(11)19(21)27/h3-8,11-16H,1-2H3/t11-,12+,13-,14+,15-,16-/m0/s1. The van der Waals surface area contributed by atoms with Gasteiger partial charge in [0.25, 0.3) is 0 Å². The highest BCUT2D eigenvalue weighted by Gasteiger charge is 2.73. The SMILES string of the molecule is CN1C(=O)[C@@H]2[C@@H](C1=O)N1[C@H](c3cccs3)[C@H]3C(=O)N(C)C(=O)[C@H]3N1[C@H]2c1cccs1. The van der Waals surface area contributed by atoms with E-state index in [1.807, 2.05) is 45.0 Å². The third-order valence-electron chi connectivity index (χ3n) is 6.84. The van der Waals surface area contributed by atoms with Crippen molar-refractivity contribution in [2.75, 3.05) is 14.1 Å². The maximum absolute atomic E-state index is 13.2. The van der Waals surface area contributed by atoms with Crippen LogP contribution in [0.25, 0.3) is 0 Å². The van der Waals surface area contributed by atoms with E-state index in [0.717, 1.165) is 9.75 Å². The first-order valence-corrected chi connectivity index (χ1v) is 11.5. The maximum atomic E-state index is 13.2. The zero-order valence-corrected chi connectivity index (χ0v) is 17.8. The van der Waals surface area contributed by atoms with Crippen molar-refractivity contribution >= 4 is 46.3 Å². The molecule has 4 saturated heterocycles. The van der Waals surface area contributed by atoms with Gasteiger partial charge in [0.05, 0.1) is 23.9 Å². The second-order valence-electron chi connectivity index (χ2n) is 8.09. The Morgan fingerprint density at radius 3 is 1.37 bits per heavy atom. The van der Waals surface area contributed by atoms with Crippen LogP contribution in [-0.2, 0) is 19.2 Å². The molecule has 0 saturated carbocycles. The fourth-order valence-electron chi connectivity index (χ4n) is 5.59. The molecule has 0 aliphatic carbocycles. The quantitative estimate of drug-likeness (QED) is 0.648. The van der Waals surface area contributed by atoms with Crippen molar-refractivity contribution in [1.29, 1.82) is 0 Å². The van der Waals surface area contributed by atoms with Crippen LogP contribution >= 0.6 is 22.7 Å². The molecule has 0 unspecified atom stereocenters. The molecule has 2 aromatic heterocycles. The molecule has 4 amide bonds. The average molecular weight is 443 g/mol. The van der Waals surface area contributed by atoms with Crippen molar-refractivity contribution in [3.05, 3.63) is 44.8 Å². The molecular weight excluding hydrogens is 424 g/mol. The normalized spacial score (nSPS) is 36.2. The van der Waals surface area contributed by atoms with E-state index in [4.69, 9.17) is 0 Å². The van der Waals surface area contributed by atoms with E-state index in [2.05, 4.69) is 0 Å². The van der Waals surface area contributed by atoms with Gasteiger partial charge in [-0.1, -0.05) is 12.1 Å². The van der Waals surface area contributed by atoms with Crippen LogP contribution in [0.4, 0.5) is 0 Å². The lowest BCUT2D eigenvalue weighted by atomic mass is 9.88. The molecule has 0 bridgehead atoms. The fraction of sp³-hybridized carbons (Fsp3) is 0.400. The number of hydrazine groups is 1. The highest BCUT2D eigenvalue weighted by Crippen LogP contribution is 2.59. The third-order valence-corrected chi connectivity index (χ3v) is 8.72. The number of thiophene rings is 2. The molecule has 2 aromatic rings. The van der Waals surface area contributed by atoms with Crippen LogP contribution < -0.4 is 0 Å². The van der Waals surface area contributed by atoms with Crippen LogP contribution in [0.15, 0.2) is 35.0 Å². The number of carbonyl (C=O) groups is 4. The first kappa shape index (κ1) is 18.4. The van der Waals surface area contributed by atoms with E-state index in [-0.39, 0.29) is 23.6 Å². The lowest BCUT2D eigenvalue weighted by molar-refractivity contribution is -0.151. The van der Waals surface area contributed by atoms with Crippen LogP contribution in [-0.4, -0.2) is 69.6 Å². The average Bonchev–Trinajstić information content (AvgIpc) is 3.54. The molecule has 6 heterocycles. The van der Waals surface area contributed by atoms with Gasteiger partial charge in [0.15, 0.2) is 0 Å². The maximum Gasteiger partial charge on any atom is 0.248 e. The number of likely N-dealkylation sites (N-methyl/N-ethyl adjacent to an activating group) is 2. The molecule has 154 valence electrons. The zero-order valence-electron chi connectivity index (χ0n) is 16.2. The Labute approximate surface area is 180 Å². The summed E-state index contributed by atoms with van der Waals surface area (Å²) in [7, 11) is 3.03. The van der Waals surface area contributed by atoms with Crippen LogP contribution in [0, 0.1) is 11.8 Å². The van der Waals surface area contributed by atoms with Crippen LogP contribution in [0.3, 0.4) is 0 Å². The molecule has 0 N–H and O–H groups in total. The summed E-state index contributed by atoms with van der Waals surface area (Å²) in [5.41, 5.74) is 0.